The number of halogens is 1. The molecular weight excluding hydrogens is 219 g/mol. The fraction of sp³-hybridized carbons (Fsp3) is 0.154. The molecule has 3 nitrogen and oxygen atoms in total. The van der Waals surface area contributed by atoms with Crippen LogP contribution in [0.25, 0.3) is 11.3 Å². The smallest absolute Gasteiger partial charge is 0.163 e. The SMILES string of the molecule is CC(=O)c1c(C)[nH]c(-c2ccccc2F)c1N. The van der Waals surface area contributed by atoms with Gasteiger partial charge in [0.25, 0.3) is 0 Å². The van der Waals surface area contributed by atoms with Gasteiger partial charge in [0.15, 0.2) is 5.78 Å². The second-order valence-electron chi connectivity index (χ2n) is 3.95. The fourth-order valence-corrected chi connectivity index (χ4v) is 1.97. The van der Waals surface area contributed by atoms with Crippen molar-refractivity contribution >= 4 is 11.5 Å². The van der Waals surface area contributed by atoms with Gasteiger partial charge in [-0.3, -0.25) is 4.79 Å². The highest BCUT2D eigenvalue weighted by molar-refractivity contribution is 6.03. The molecule has 0 aliphatic rings. The van der Waals surface area contributed by atoms with Crippen LogP contribution in [0.1, 0.15) is 23.0 Å². The van der Waals surface area contributed by atoms with Crippen LogP contribution in [0.5, 0.6) is 0 Å². The van der Waals surface area contributed by atoms with Crippen molar-refractivity contribution < 1.29 is 9.18 Å². The largest absolute Gasteiger partial charge is 0.396 e. The molecule has 0 spiro atoms. The number of nitrogens with one attached hydrogen (secondary N) is 1. The van der Waals surface area contributed by atoms with E-state index in [1.807, 2.05) is 0 Å². The highest BCUT2D eigenvalue weighted by Gasteiger charge is 2.18. The Morgan fingerprint density at radius 1 is 1.35 bits per heavy atom. The van der Waals surface area contributed by atoms with E-state index in [9.17, 15) is 9.18 Å². The highest BCUT2D eigenvalue weighted by Crippen LogP contribution is 2.32. The molecule has 0 unspecified atom stereocenters. The van der Waals surface area contributed by atoms with E-state index >= 15 is 0 Å². The molecule has 1 aromatic carbocycles. The Balaban J connectivity index is 2.66. The maximum absolute atomic E-state index is 13.6. The minimum absolute atomic E-state index is 0.126. The van der Waals surface area contributed by atoms with Gasteiger partial charge in [0.1, 0.15) is 5.82 Å². The highest BCUT2D eigenvalue weighted by atomic mass is 19.1. The Kier molecular flexibility index (Phi) is 2.71. The number of hydrogen-bond acceptors (Lipinski definition) is 2. The molecule has 2 rings (SSSR count). The van der Waals surface area contributed by atoms with Crippen LogP contribution in [0.4, 0.5) is 10.1 Å². The molecule has 1 aromatic heterocycles. The van der Waals surface area contributed by atoms with Gasteiger partial charge in [0.05, 0.1) is 16.9 Å². The molecule has 2 aromatic rings. The quantitative estimate of drug-likeness (QED) is 0.782. The summed E-state index contributed by atoms with van der Waals surface area (Å²) in [5.74, 6) is -0.491. The maximum Gasteiger partial charge on any atom is 0.163 e. The topological polar surface area (TPSA) is 58.9 Å². The first-order valence-corrected chi connectivity index (χ1v) is 5.26. The van der Waals surface area contributed by atoms with Gasteiger partial charge < -0.3 is 10.7 Å². The van der Waals surface area contributed by atoms with Crippen molar-refractivity contribution in [3.8, 4) is 11.3 Å². The molecule has 0 aliphatic heterocycles. The number of Topliss-reactive ketones (excluding diaryl/α,β-unsaturated/α-hetero) is 1. The number of H-pyrrole nitrogens is 1. The molecule has 0 atom stereocenters. The second-order valence-corrected chi connectivity index (χ2v) is 3.95. The number of anilines is 1. The Labute approximate surface area is 98.5 Å². The van der Waals surface area contributed by atoms with Gasteiger partial charge in [-0.05, 0) is 26.0 Å². The average Bonchev–Trinajstić information content (AvgIpc) is 2.55. The van der Waals surface area contributed by atoms with Gasteiger partial charge in [0, 0.05) is 11.3 Å². The molecule has 4 heteroatoms. The van der Waals surface area contributed by atoms with Gasteiger partial charge >= 0.3 is 0 Å². The lowest BCUT2D eigenvalue weighted by Gasteiger charge is -2.02. The number of rotatable bonds is 2. The third-order valence-electron chi connectivity index (χ3n) is 2.72. The second kappa shape index (κ2) is 4.05. The molecule has 0 aliphatic carbocycles. The fourth-order valence-electron chi connectivity index (χ4n) is 1.97. The Morgan fingerprint density at radius 3 is 2.53 bits per heavy atom. The number of carbonyl (C=O) groups is 1. The summed E-state index contributed by atoms with van der Waals surface area (Å²) in [4.78, 5) is 14.4. The predicted molar refractivity (Wildman–Crippen MR) is 65.3 cm³/mol. The van der Waals surface area contributed by atoms with Crippen LogP contribution in [0.3, 0.4) is 0 Å². The molecule has 0 amide bonds. The molecule has 0 saturated carbocycles. The van der Waals surface area contributed by atoms with E-state index in [4.69, 9.17) is 5.73 Å². The van der Waals surface area contributed by atoms with Gasteiger partial charge in [-0.1, -0.05) is 12.1 Å². The van der Waals surface area contributed by atoms with Crippen molar-refractivity contribution in [3.05, 3.63) is 41.3 Å². The summed E-state index contributed by atoms with van der Waals surface area (Å²) in [6.07, 6.45) is 0. The summed E-state index contributed by atoms with van der Waals surface area (Å²) in [7, 11) is 0. The lowest BCUT2D eigenvalue weighted by Crippen LogP contribution is -1.98. The first-order chi connectivity index (χ1) is 8.02. The van der Waals surface area contributed by atoms with Crippen LogP contribution in [0.15, 0.2) is 24.3 Å². The summed E-state index contributed by atoms with van der Waals surface area (Å²) in [5, 5.41) is 0. The van der Waals surface area contributed by atoms with Crippen molar-refractivity contribution in [1.29, 1.82) is 0 Å². The summed E-state index contributed by atoms with van der Waals surface area (Å²) in [5.41, 5.74) is 8.13. The summed E-state index contributed by atoms with van der Waals surface area (Å²) >= 11 is 0. The number of nitrogens with two attached hydrogens (primary N) is 1. The molecule has 0 bridgehead atoms. The molecule has 1 heterocycles. The Hall–Kier alpha value is -2.10. The number of nitrogen functional groups attached to an aromatic ring is 1. The van der Waals surface area contributed by atoms with Crippen molar-refractivity contribution in [1.82, 2.24) is 4.98 Å². The number of carbonyl (C=O) groups excluding carboxylic acids is 1. The van der Waals surface area contributed by atoms with E-state index in [0.717, 1.165) is 0 Å². The summed E-state index contributed by atoms with van der Waals surface area (Å²) in [6.45, 7) is 3.19. The van der Waals surface area contributed by atoms with Crippen LogP contribution >= 0.6 is 0 Å². The van der Waals surface area contributed by atoms with E-state index in [1.54, 1.807) is 25.1 Å². The van der Waals surface area contributed by atoms with Crippen LogP contribution in [0.2, 0.25) is 0 Å². The molecule has 88 valence electrons. The van der Waals surface area contributed by atoms with Crippen molar-refractivity contribution in [2.45, 2.75) is 13.8 Å². The van der Waals surface area contributed by atoms with Crippen molar-refractivity contribution in [2.24, 2.45) is 0 Å². The number of aromatic nitrogens is 1. The predicted octanol–water partition coefficient (Wildman–Crippen LogP) is 2.91. The lowest BCUT2D eigenvalue weighted by molar-refractivity contribution is 0.101. The summed E-state index contributed by atoms with van der Waals surface area (Å²) in [6, 6.07) is 6.32. The minimum atomic E-state index is -0.365. The van der Waals surface area contributed by atoms with Crippen molar-refractivity contribution in [2.75, 3.05) is 5.73 Å². The molecule has 0 fully saturated rings. The summed E-state index contributed by atoms with van der Waals surface area (Å²) < 4.78 is 13.6. The third-order valence-corrected chi connectivity index (χ3v) is 2.72. The number of aryl methyl sites for hydroxylation is 1. The van der Waals surface area contributed by atoms with Gasteiger partial charge in [-0.15, -0.1) is 0 Å². The van der Waals surface area contributed by atoms with Gasteiger partial charge in [-0.2, -0.15) is 0 Å². The lowest BCUT2D eigenvalue weighted by atomic mass is 10.1. The molecule has 0 radical (unpaired) electrons. The molecular formula is C13H13FN2O. The number of benzene rings is 1. The van der Waals surface area contributed by atoms with Crippen LogP contribution in [-0.4, -0.2) is 10.8 Å². The first kappa shape index (κ1) is 11.4. The van der Waals surface area contributed by atoms with E-state index < -0.39 is 0 Å². The van der Waals surface area contributed by atoms with Crippen molar-refractivity contribution in [3.63, 3.8) is 0 Å². The Morgan fingerprint density at radius 2 is 2.00 bits per heavy atom. The van der Waals surface area contributed by atoms with Crippen LogP contribution in [0, 0.1) is 12.7 Å². The number of hydrogen-bond donors (Lipinski definition) is 2. The minimum Gasteiger partial charge on any atom is -0.396 e. The van der Waals surface area contributed by atoms with Crippen LogP contribution in [-0.2, 0) is 0 Å². The average molecular weight is 232 g/mol. The molecule has 3 N–H and O–H groups in total. The van der Waals surface area contributed by atoms with E-state index in [-0.39, 0.29) is 11.6 Å². The van der Waals surface area contributed by atoms with E-state index in [2.05, 4.69) is 4.98 Å². The third kappa shape index (κ3) is 1.82. The van der Waals surface area contributed by atoms with Gasteiger partial charge in [0.2, 0.25) is 0 Å². The monoisotopic (exact) mass is 232 g/mol. The zero-order valence-corrected chi connectivity index (χ0v) is 9.67. The zero-order chi connectivity index (χ0) is 12.6. The first-order valence-electron chi connectivity index (χ1n) is 5.26. The maximum atomic E-state index is 13.6. The molecule has 0 saturated heterocycles. The number of aromatic amines is 1. The number of ketones is 1. The standard InChI is InChI=1S/C13H13FN2O/c1-7-11(8(2)17)12(15)13(16-7)9-5-3-4-6-10(9)14/h3-6,16H,15H2,1-2H3. The normalized spacial score (nSPS) is 10.5. The zero-order valence-electron chi connectivity index (χ0n) is 9.67. The molecule has 17 heavy (non-hydrogen) atoms. The van der Waals surface area contributed by atoms with Crippen LogP contribution < -0.4 is 5.73 Å². The van der Waals surface area contributed by atoms with E-state index in [0.29, 0.717) is 28.2 Å². The van der Waals surface area contributed by atoms with Gasteiger partial charge in [-0.25, -0.2) is 4.39 Å². The van der Waals surface area contributed by atoms with E-state index in [1.165, 1.54) is 13.0 Å². The Bertz CT molecular complexity index is 587.